The Hall–Kier alpha value is -2.58. The van der Waals surface area contributed by atoms with Crippen LogP contribution in [0.4, 0.5) is 0 Å². The number of piperidine rings is 1. The van der Waals surface area contributed by atoms with E-state index in [4.69, 9.17) is 5.73 Å². The Bertz CT molecular complexity index is 837. The summed E-state index contributed by atoms with van der Waals surface area (Å²) >= 11 is 0. The highest BCUT2D eigenvalue weighted by molar-refractivity contribution is 6.23. The molecule has 0 radical (unpaired) electrons. The fraction of sp³-hybridized carbons (Fsp3) is 0.474. The van der Waals surface area contributed by atoms with Gasteiger partial charge in [0.05, 0.1) is 11.1 Å². The van der Waals surface area contributed by atoms with Crippen molar-refractivity contribution in [1.29, 1.82) is 0 Å². The number of carbonyl (C=O) groups excluding carboxylic acids is 4. The van der Waals surface area contributed by atoms with E-state index < -0.39 is 23.8 Å². The van der Waals surface area contributed by atoms with Gasteiger partial charge in [0, 0.05) is 25.0 Å². The Morgan fingerprint density at radius 1 is 1.07 bits per heavy atom. The minimum atomic E-state index is -0.934. The lowest BCUT2D eigenvalue weighted by Gasteiger charge is -2.27. The quantitative estimate of drug-likeness (QED) is 0.644. The first-order valence-electron chi connectivity index (χ1n) is 9.27. The van der Waals surface area contributed by atoms with Gasteiger partial charge in [0.25, 0.3) is 11.8 Å². The second-order valence-electron chi connectivity index (χ2n) is 7.48. The average Bonchev–Trinajstić information content (AvgIpc) is 3.16. The number of fused-ring (bicyclic) bond motifs is 1. The van der Waals surface area contributed by atoms with Crippen LogP contribution >= 0.6 is 0 Å². The normalized spacial score (nSPS) is 27.9. The van der Waals surface area contributed by atoms with Crippen molar-refractivity contribution in [3.8, 4) is 0 Å². The number of hydrogen-bond acceptors (Lipinski definition) is 6. The van der Waals surface area contributed by atoms with E-state index in [1.165, 1.54) is 0 Å². The average molecular weight is 370 g/mol. The topological polar surface area (TPSA) is 122 Å². The summed E-state index contributed by atoms with van der Waals surface area (Å²) in [7, 11) is 0. The summed E-state index contributed by atoms with van der Waals surface area (Å²) in [6.07, 6.45) is 3.25. The standard InChI is InChI=1S/C19H22N4O4/c20-11-2-3-12(8-11)21-9-10-1-4-13-14(7-10)19(27)23(18(13)26)15-5-6-16(24)22-17(15)25/h1,4,7,11-12,15,21H,2-3,5-6,8-9,20H2,(H,22,24,25). The van der Waals surface area contributed by atoms with Crippen molar-refractivity contribution in [2.75, 3.05) is 0 Å². The van der Waals surface area contributed by atoms with Crippen LogP contribution in [0.3, 0.4) is 0 Å². The van der Waals surface area contributed by atoms with Crippen LogP contribution in [0.5, 0.6) is 0 Å². The second-order valence-corrected chi connectivity index (χ2v) is 7.48. The van der Waals surface area contributed by atoms with Gasteiger partial charge in [-0.15, -0.1) is 0 Å². The van der Waals surface area contributed by atoms with Crippen LogP contribution in [0.15, 0.2) is 18.2 Å². The van der Waals surface area contributed by atoms with Crippen molar-refractivity contribution in [1.82, 2.24) is 15.5 Å². The van der Waals surface area contributed by atoms with Gasteiger partial charge in [-0.25, -0.2) is 0 Å². The smallest absolute Gasteiger partial charge is 0.262 e. The van der Waals surface area contributed by atoms with Crippen LogP contribution in [-0.2, 0) is 16.1 Å². The molecule has 1 aromatic carbocycles. The van der Waals surface area contributed by atoms with E-state index in [1.807, 2.05) is 6.07 Å². The summed E-state index contributed by atoms with van der Waals surface area (Å²) in [5.41, 5.74) is 7.44. The number of nitrogens with two attached hydrogens (primary N) is 1. The van der Waals surface area contributed by atoms with Gasteiger partial charge in [0.1, 0.15) is 6.04 Å². The summed E-state index contributed by atoms with van der Waals surface area (Å²) in [4.78, 5) is 49.8. The highest BCUT2D eigenvalue weighted by Crippen LogP contribution is 2.28. The third-order valence-corrected chi connectivity index (χ3v) is 5.57. The van der Waals surface area contributed by atoms with Crippen molar-refractivity contribution < 1.29 is 19.2 Å². The van der Waals surface area contributed by atoms with Crippen LogP contribution in [0.2, 0.25) is 0 Å². The second kappa shape index (κ2) is 6.86. The lowest BCUT2D eigenvalue weighted by atomic mass is 10.0. The zero-order chi connectivity index (χ0) is 19.1. The van der Waals surface area contributed by atoms with Crippen molar-refractivity contribution in [3.63, 3.8) is 0 Å². The van der Waals surface area contributed by atoms with E-state index in [0.29, 0.717) is 23.7 Å². The Balaban J connectivity index is 1.49. The SMILES string of the molecule is NC1CCC(NCc2ccc3c(c2)C(=O)N(C2CCC(=O)NC2=O)C3=O)C1. The first-order chi connectivity index (χ1) is 12.9. The minimum absolute atomic E-state index is 0.114. The molecular formula is C19H22N4O4. The van der Waals surface area contributed by atoms with Crippen LogP contribution in [0, 0.1) is 0 Å². The number of nitrogens with one attached hydrogen (secondary N) is 2. The van der Waals surface area contributed by atoms with Crippen molar-refractivity contribution >= 4 is 23.6 Å². The summed E-state index contributed by atoms with van der Waals surface area (Å²) in [5.74, 6) is -1.94. The number of rotatable bonds is 4. The third kappa shape index (κ3) is 3.26. The monoisotopic (exact) mass is 370 g/mol. The summed E-state index contributed by atoms with van der Waals surface area (Å²) in [6, 6.07) is 4.84. The number of carbonyl (C=O) groups is 4. The molecule has 4 amide bonds. The van der Waals surface area contributed by atoms with E-state index in [1.54, 1.807) is 12.1 Å². The van der Waals surface area contributed by atoms with Gasteiger partial charge in [0.2, 0.25) is 11.8 Å². The maximum Gasteiger partial charge on any atom is 0.262 e. The molecule has 142 valence electrons. The number of nitrogens with zero attached hydrogens (tertiary/aromatic N) is 1. The van der Waals surface area contributed by atoms with Gasteiger partial charge >= 0.3 is 0 Å². The van der Waals surface area contributed by atoms with E-state index in [-0.39, 0.29) is 24.8 Å². The Morgan fingerprint density at radius 3 is 2.56 bits per heavy atom. The molecule has 0 spiro atoms. The fourth-order valence-electron chi connectivity index (χ4n) is 4.09. The Labute approximate surface area is 156 Å². The highest BCUT2D eigenvalue weighted by Gasteiger charge is 2.44. The lowest BCUT2D eigenvalue weighted by Crippen LogP contribution is -2.54. The van der Waals surface area contributed by atoms with E-state index in [0.717, 1.165) is 29.7 Å². The van der Waals surface area contributed by atoms with Crippen LogP contribution in [0.25, 0.3) is 0 Å². The number of benzene rings is 1. The molecule has 4 rings (SSSR count). The first kappa shape index (κ1) is 17.8. The summed E-state index contributed by atoms with van der Waals surface area (Å²) in [5, 5.41) is 5.64. The first-order valence-corrected chi connectivity index (χ1v) is 9.27. The maximum atomic E-state index is 12.8. The summed E-state index contributed by atoms with van der Waals surface area (Å²) < 4.78 is 0. The molecule has 1 aliphatic carbocycles. The van der Waals surface area contributed by atoms with E-state index in [2.05, 4.69) is 10.6 Å². The predicted octanol–water partition coefficient (Wildman–Crippen LogP) is 0.0572. The molecule has 3 atom stereocenters. The zero-order valence-corrected chi connectivity index (χ0v) is 14.9. The molecule has 2 fully saturated rings. The molecule has 0 bridgehead atoms. The molecule has 2 heterocycles. The Kier molecular flexibility index (Phi) is 4.53. The fourth-order valence-corrected chi connectivity index (χ4v) is 4.09. The molecule has 2 aliphatic heterocycles. The Morgan fingerprint density at radius 2 is 1.85 bits per heavy atom. The van der Waals surface area contributed by atoms with Gasteiger partial charge in [-0.05, 0) is 43.4 Å². The molecule has 1 saturated heterocycles. The van der Waals surface area contributed by atoms with Crippen molar-refractivity contribution in [3.05, 3.63) is 34.9 Å². The molecule has 3 unspecified atom stereocenters. The van der Waals surface area contributed by atoms with Crippen LogP contribution in [-0.4, -0.2) is 46.7 Å². The lowest BCUT2D eigenvalue weighted by molar-refractivity contribution is -0.136. The van der Waals surface area contributed by atoms with Crippen molar-refractivity contribution in [2.45, 2.75) is 56.8 Å². The molecule has 4 N–H and O–H groups in total. The zero-order valence-electron chi connectivity index (χ0n) is 14.9. The van der Waals surface area contributed by atoms with E-state index >= 15 is 0 Å². The highest BCUT2D eigenvalue weighted by atomic mass is 16.2. The van der Waals surface area contributed by atoms with Gasteiger partial charge in [-0.1, -0.05) is 6.07 Å². The molecule has 8 nitrogen and oxygen atoms in total. The number of hydrogen-bond donors (Lipinski definition) is 3. The van der Waals surface area contributed by atoms with Crippen LogP contribution in [0.1, 0.15) is 58.4 Å². The molecule has 1 aromatic rings. The molecule has 0 aromatic heterocycles. The van der Waals surface area contributed by atoms with Gasteiger partial charge < -0.3 is 11.1 Å². The van der Waals surface area contributed by atoms with Gasteiger partial charge in [0.15, 0.2) is 0 Å². The van der Waals surface area contributed by atoms with Gasteiger partial charge in [-0.2, -0.15) is 0 Å². The molecule has 27 heavy (non-hydrogen) atoms. The van der Waals surface area contributed by atoms with Crippen molar-refractivity contribution in [2.24, 2.45) is 5.73 Å². The predicted molar refractivity (Wildman–Crippen MR) is 95.6 cm³/mol. The molecular weight excluding hydrogens is 348 g/mol. The van der Waals surface area contributed by atoms with E-state index in [9.17, 15) is 19.2 Å². The molecule has 1 saturated carbocycles. The van der Waals surface area contributed by atoms with Gasteiger partial charge in [-0.3, -0.25) is 29.4 Å². The number of imide groups is 2. The maximum absolute atomic E-state index is 12.8. The largest absolute Gasteiger partial charge is 0.328 e. The number of amides is 4. The molecule has 3 aliphatic rings. The third-order valence-electron chi connectivity index (χ3n) is 5.57. The minimum Gasteiger partial charge on any atom is -0.328 e. The molecule has 8 heteroatoms. The van der Waals surface area contributed by atoms with Crippen LogP contribution < -0.4 is 16.4 Å². The summed E-state index contributed by atoms with van der Waals surface area (Å²) in [6.45, 7) is 0.588.